The Kier molecular flexibility index (Phi) is 4.90. The van der Waals surface area contributed by atoms with Crippen molar-refractivity contribution in [3.8, 4) is 0 Å². The standard InChI is InChI=1S/C13H22N4O/c1-17(6-7-18-10-11-2-3-11)13-15-8-12(4-5-14)9-16-13/h8-9,11H,2-7,10,14H2,1H3. The first-order chi connectivity index (χ1) is 8.79. The minimum absolute atomic E-state index is 0.632. The SMILES string of the molecule is CN(CCOCC1CC1)c1ncc(CCN)cn1. The first kappa shape index (κ1) is 13.2. The van der Waals surface area contributed by atoms with E-state index in [0.717, 1.165) is 43.6 Å². The highest BCUT2D eigenvalue weighted by Gasteiger charge is 2.21. The maximum absolute atomic E-state index is 5.60. The van der Waals surface area contributed by atoms with E-state index in [2.05, 4.69) is 9.97 Å². The molecule has 1 fully saturated rings. The van der Waals surface area contributed by atoms with Crippen molar-refractivity contribution in [3.05, 3.63) is 18.0 Å². The van der Waals surface area contributed by atoms with E-state index in [9.17, 15) is 0 Å². The predicted molar refractivity (Wildman–Crippen MR) is 71.6 cm³/mol. The molecule has 2 rings (SSSR count). The second-order valence-electron chi connectivity index (χ2n) is 4.87. The molecule has 18 heavy (non-hydrogen) atoms. The number of aromatic nitrogens is 2. The summed E-state index contributed by atoms with van der Waals surface area (Å²) < 4.78 is 5.60. The van der Waals surface area contributed by atoms with Gasteiger partial charge in [-0.05, 0) is 37.3 Å². The van der Waals surface area contributed by atoms with Gasteiger partial charge in [-0.3, -0.25) is 0 Å². The third-order valence-corrected chi connectivity index (χ3v) is 3.09. The Morgan fingerprint density at radius 1 is 1.39 bits per heavy atom. The number of nitrogens with zero attached hydrogens (tertiary/aromatic N) is 3. The van der Waals surface area contributed by atoms with Crippen LogP contribution in [0.3, 0.4) is 0 Å². The van der Waals surface area contributed by atoms with Gasteiger partial charge in [-0.2, -0.15) is 0 Å². The minimum atomic E-state index is 0.632. The quantitative estimate of drug-likeness (QED) is 0.693. The molecule has 0 aliphatic heterocycles. The monoisotopic (exact) mass is 250 g/mol. The van der Waals surface area contributed by atoms with Gasteiger partial charge in [0, 0.05) is 32.6 Å². The molecule has 1 aromatic rings. The summed E-state index contributed by atoms with van der Waals surface area (Å²) in [6, 6.07) is 0. The van der Waals surface area contributed by atoms with Crippen molar-refractivity contribution in [1.29, 1.82) is 0 Å². The van der Waals surface area contributed by atoms with Crippen LogP contribution >= 0.6 is 0 Å². The van der Waals surface area contributed by atoms with E-state index in [4.69, 9.17) is 10.5 Å². The molecule has 1 aliphatic carbocycles. The summed E-state index contributed by atoms with van der Waals surface area (Å²) >= 11 is 0. The van der Waals surface area contributed by atoms with E-state index in [1.807, 2.05) is 24.3 Å². The van der Waals surface area contributed by atoms with Crippen LogP contribution in [0, 0.1) is 5.92 Å². The molecule has 0 bridgehead atoms. The molecule has 0 radical (unpaired) electrons. The highest BCUT2D eigenvalue weighted by Crippen LogP contribution is 2.28. The van der Waals surface area contributed by atoms with Crippen LogP contribution in [-0.2, 0) is 11.2 Å². The molecule has 0 saturated heterocycles. The van der Waals surface area contributed by atoms with Gasteiger partial charge >= 0.3 is 0 Å². The molecular weight excluding hydrogens is 228 g/mol. The van der Waals surface area contributed by atoms with Crippen LogP contribution in [0.5, 0.6) is 0 Å². The second-order valence-corrected chi connectivity index (χ2v) is 4.87. The number of ether oxygens (including phenoxy) is 1. The fourth-order valence-electron chi connectivity index (χ4n) is 1.68. The number of nitrogens with two attached hydrogens (primary N) is 1. The molecule has 5 nitrogen and oxygen atoms in total. The van der Waals surface area contributed by atoms with Crippen LogP contribution in [0.1, 0.15) is 18.4 Å². The Bertz CT molecular complexity index is 351. The molecule has 0 unspecified atom stereocenters. The molecule has 100 valence electrons. The van der Waals surface area contributed by atoms with Crippen molar-refractivity contribution in [2.75, 3.05) is 38.3 Å². The number of hydrogen-bond donors (Lipinski definition) is 1. The first-order valence-corrected chi connectivity index (χ1v) is 6.59. The fraction of sp³-hybridized carbons (Fsp3) is 0.692. The molecule has 0 atom stereocenters. The van der Waals surface area contributed by atoms with Gasteiger partial charge in [0.2, 0.25) is 5.95 Å². The smallest absolute Gasteiger partial charge is 0.225 e. The highest BCUT2D eigenvalue weighted by molar-refractivity contribution is 5.28. The Morgan fingerprint density at radius 3 is 2.72 bits per heavy atom. The summed E-state index contributed by atoms with van der Waals surface area (Å²) in [7, 11) is 1.98. The van der Waals surface area contributed by atoms with Gasteiger partial charge in [0.15, 0.2) is 0 Å². The van der Waals surface area contributed by atoms with Crippen LogP contribution < -0.4 is 10.6 Å². The molecule has 1 aromatic heterocycles. The van der Waals surface area contributed by atoms with Crippen LogP contribution in [0.2, 0.25) is 0 Å². The largest absolute Gasteiger partial charge is 0.379 e. The summed E-state index contributed by atoms with van der Waals surface area (Å²) in [5.41, 5.74) is 6.57. The van der Waals surface area contributed by atoms with Crippen LogP contribution in [0.4, 0.5) is 5.95 Å². The highest BCUT2D eigenvalue weighted by atomic mass is 16.5. The Morgan fingerprint density at radius 2 is 2.11 bits per heavy atom. The summed E-state index contributed by atoms with van der Waals surface area (Å²) in [5, 5.41) is 0. The first-order valence-electron chi connectivity index (χ1n) is 6.59. The summed E-state index contributed by atoms with van der Waals surface area (Å²) in [6.07, 6.45) is 7.19. The fourth-order valence-corrected chi connectivity index (χ4v) is 1.68. The van der Waals surface area contributed by atoms with Gasteiger partial charge in [-0.25, -0.2) is 9.97 Å². The molecule has 1 heterocycles. The third kappa shape index (κ3) is 4.23. The van der Waals surface area contributed by atoms with Crippen molar-refractivity contribution >= 4 is 5.95 Å². The molecule has 2 N–H and O–H groups in total. The average molecular weight is 250 g/mol. The summed E-state index contributed by atoms with van der Waals surface area (Å²) in [5.74, 6) is 1.56. The van der Waals surface area contributed by atoms with E-state index in [0.29, 0.717) is 6.54 Å². The van der Waals surface area contributed by atoms with Crippen LogP contribution in [0.25, 0.3) is 0 Å². The third-order valence-electron chi connectivity index (χ3n) is 3.09. The Labute approximate surface area is 108 Å². The van der Waals surface area contributed by atoms with Crippen molar-refractivity contribution in [3.63, 3.8) is 0 Å². The molecule has 1 saturated carbocycles. The molecule has 0 aromatic carbocycles. The van der Waals surface area contributed by atoms with Crippen molar-refractivity contribution in [1.82, 2.24) is 9.97 Å². The van der Waals surface area contributed by atoms with E-state index in [1.54, 1.807) is 0 Å². The number of anilines is 1. The van der Waals surface area contributed by atoms with Gasteiger partial charge in [0.25, 0.3) is 0 Å². The number of rotatable bonds is 8. The molecule has 1 aliphatic rings. The van der Waals surface area contributed by atoms with Crippen molar-refractivity contribution < 1.29 is 4.74 Å². The molecule has 0 spiro atoms. The van der Waals surface area contributed by atoms with Crippen molar-refractivity contribution in [2.45, 2.75) is 19.3 Å². The Balaban J connectivity index is 1.70. The lowest BCUT2D eigenvalue weighted by atomic mass is 10.2. The molecule has 0 amide bonds. The van der Waals surface area contributed by atoms with E-state index >= 15 is 0 Å². The maximum Gasteiger partial charge on any atom is 0.225 e. The summed E-state index contributed by atoms with van der Waals surface area (Å²) in [6.45, 7) is 3.10. The van der Waals surface area contributed by atoms with E-state index in [1.165, 1.54) is 12.8 Å². The lowest BCUT2D eigenvalue weighted by Gasteiger charge is -2.16. The van der Waals surface area contributed by atoms with Crippen molar-refractivity contribution in [2.24, 2.45) is 11.7 Å². The number of likely N-dealkylation sites (N-methyl/N-ethyl adjacent to an activating group) is 1. The second kappa shape index (κ2) is 6.66. The maximum atomic E-state index is 5.60. The Hall–Kier alpha value is -1.20. The molecule has 5 heteroatoms. The zero-order valence-electron chi connectivity index (χ0n) is 11.0. The topological polar surface area (TPSA) is 64.3 Å². The lowest BCUT2D eigenvalue weighted by molar-refractivity contribution is 0.130. The average Bonchev–Trinajstić information content (AvgIpc) is 3.20. The van der Waals surface area contributed by atoms with Gasteiger partial charge in [-0.1, -0.05) is 0 Å². The predicted octanol–water partition coefficient (Wildman–Crippen LogP) is 0.841. The normalized spacial score (nSPS) is 14.8. The van der Waals surface area contributed by atoms with Gasteiger partial charge in [0.1, 0.15) is 0 Å². The van der Waals surface area contributed by atoms with E-state index < -0.39 is 0 Å². The molecular formula is C13H22N4O. The lowest BCUT2D eigenvalue weighted by Crippen LogP contribution is -2.25. The minimum Gasteiger partial charge on any atom is -0.379 e. The van der Waals surface area contributed by atoms with Gasteiger partial charge in [0.05, 0.1) is 6.61 Å². The zero-order valence-corrected chi connectivity index (χ0v) is 11.0. The number of hydrogen-bond acceptors (Lipinski definition) is 5. The van der Waals surface area contributed by atoms with Gasteiger partial charge in [-0.15, -0.1) is 0 Å². The van der Waals surface area contributed by atoms with Gasteiger partial charge < -0.3 is 15.4 Å². The van der Waals surface area contributed by atoms with Crippen LogP contribution in [-0.4, -0.2) is 43.3 Å². The van der Waals surface area contributed by atoms with Crippen LogP contribution in [0.15, 0.2) is 12.4 Å². The van der Waals surface area contributed by atoms with E-state index in [-0.39, 0.29) is 0 Å². The summed E-state index contributed by atoms with van der Waals surface area (Å²) in [4.78, 5) is 10.7. The zero-order chi connectivity index (χ0) is 12.8.